The Morgan fingerprint density at radius 2 is 1.96 bits per heavy atom. The summed E-state index contributed by atoms with van der Waals surface area (Å²) in [5.74, 6) is 0.892. The van der Waals surface area contributed by atoms with Crippen LogP contribution in [-0.4, -0.2) is 23.2 Å². The van der Waals surface area contributed by atoms with Crippen molar-refractivity contribution in [2.75, 3.05) is 5.32 Å². The molecule has 122 valence electrons. The fraction of sp³-hybridized carbons (Fsp3) is 0.133. The van der Waals surface area contributed by atoms with E-state index in [4.69, 9.17) is 4.55 Å². The number of H-pyrrole nitrogens is 1. The Kier molecular flexibility index (Phi) is 5.91. The minimum absolute atomic E-state index is 0.0666. The highest BCUT2D eigenvalue weighted by atomic mass is 32.2. The first-order valence-electron chi connectivity index (χ1n) is 6.75. The smallest absolute Gasteiger partial charge is 0.294 e. The number of rotatable bonds is 4. The number of thiophene rings is 1. The van der Waals surface area contributed by atoms with Crippen molar-refractivity contribution in [2.24, 2.45) is 0 Å². The Labute approximate surface area is 138 Å². The first-order chi connectivity index (χ1) is 10.9. The van der Waals surface area contributed by atoms with E-state index in [9.17, 15) is 8.42 Å². The summed E-state index contributed by atoms with van der Waals surface area (Å²) in [7, 11) is -4.02. The Bertz CT molecular complexity index is 762. The van der Waals surface area contributed by atoms with Gasteiger partial charge in [0.05, 0.1) is 11.4 Å². The first-order valence-corrected chi connectivity index (χ1v) is 9.07. The molecule has 1 aromatic carbocycles. The number of nitrogens with zero attached hydrogens (tertiary/aromatic N) is 1. The zero-order chi connectivity index (χ0) is 16.7. The molecule has 3 rings (SSSR count). The summed E-state index contributed by atoms with van der Waals surface area (Å²) in [5, 5.41) is 12.0. The summed E-state index contributed by atoms with van der Waals surface area (Å²) in [5.41, 5.74) is 0.956. The molecule has 2 aromatic heterocycles. The monoisotopic (exact) mass is 351 g/mol. The number of anilines is 1. The molecule has 2 heterocycles. The van der Waals surface area contributed by atoms with Crippen molar-refractivity contribution < 1.29 is 13.0 Å². The van der Waals surface area contributed by atoms with Crippen LogP contribution in [0.1, 0.15) is 10.4 Å². The summed E-state index contributed by atoms with van der Waals surface area (Å²) in [6.07, 6.45) is 1.80. The maximum atomic E-state index is 10.5. The molecule has 6 nitrogen and oxygen atoms in total. The molecule has 8 heteroatoms. The SMILES string of the molecule is Cc1ccc(S(=O)(=O)O)cc1.c1csc(CNc2cc[nH]n2)c1. The largest absolute Gasteiger partial charge is 0.364 e. The van der Waals surface area contributed by atoms with E-state index in [1.165, 1.54) is 17.0 Å². The highest BCUT2D eigenvalue weighted by molar-refractivity contribution is 7.85. The Morgan fingerprint density at radius 3 is 2.48 bits per heavy atom. The topological polar surface area (TPSA) is 95.1 Å². The number of aromatic nitrogens is 2. The van der Waals surface area contributed by atoms with E-state index in [1.54, 1.807) is 29.7 Å². The lowest BCUT2D eigenvalue weighted by Gasteiger charge is -1.97. The second-order valence-electron chi connectivity index (χ2n) is 4.68. The van der Waals surface area contributed by atoms with Crippen molar-refractivity contribution in [3.63, 3.8) is 0 Å². The van der Waals surface area contributed by atoms with Crippen LogP contribution in [0.3, 0.4) is 0 Å². The predicted molar refractivity (Wildman–Crippen MR) is 91.2 cm³/mol. The van der Waals surface area contributed by atoms with E-state index >= 15 is 0 Å². The summed E-state index contributed by atoms with van der Waals surface area (Å²) >= 11 is 1.74. The molecule has 0 aliphatic carbocycles. The minimum Gasteiger partial charge on any atom is -0.364 e. The van der Waals surface area contributed by atoms with Gasteiger partial charge in [0.2, 0.25) is 0 Å². The molecular formula is C15H17N3O3S2. The second kappa shape index (κ2) is 7.91. The molecule has 0 unspecified atom stereocenters. The molecule has 23 heavy (non-hydrogen) atoms. The number of nitrogens with one attached hydrogen (secondary N) is 2. The molecule has 0 amide bonds. The van der Waals surface area contributed by atoms with Crippen LogP contribution in [0.2, 0.25) is 0 Å². The van der Waals surface area contributed by atoms with Crippen molar-refractivity contribution in [2.45, 2.75) is 18.4 Å². The van der Waals surface area contributed by atoms with Gasteiger partial charge in [-0.2, -0.15) is 13.5 Å². The highest BCUT2D eigenvalue weighted by Crippen LogP contribution is 2.10. The Hall–Kier alpha value is -2.16. The van der Waals surface area contributed by atoms with E-state index in [0.717, 1.165) is 17.9 Å². The predicted octanol–water partition coefficient (Wildman–Crippen LogP) is 3.33. The maximum Gasteiger partial charge on any atom is 0.294 e. The van der Waals surface area contributed by atoms with Crippen molar-refractivity contribution in [3.05, 3.63) is 64.5 Å². The number of hydrogen-bond donors (Lipinski definition) is 3. The molecule has 0 aliphatic rings. The van der Waals surface area contributed by atoms with Crippen LogP contribution < -0.4 is 5.32 Å². The number of aryl methyl sites for hydroxylation is 1. The van der Waals surface area contributed by atoms with Crippen molar-refractivity contribution in [1.29, 1.82) is 0 Å². The zero-order valence-corrected chi connectivity index (χ0v) is 14.1. The van der Waals surface area contributed by atoms with Crippen LogP contribution in [0.4, 0.5) is 5.82 Å². The third kappa shape index (κ3) is 5.85. The van der Waals surface area contributed by atoms with Crippen molar-refractivity contribution >= 4 is 27.3 Å². The van der Waals surface area contributed by atoms with Gasteiger partial charge in [-0.25, -0.2) is 0 Å². The van der Waals surface area contributed by atoms with Gasteiger partial charge in [0, 0.05) is 11.1 Å². The normalized spacial score (nSPS) is 10.7. The molecule has 3 aromatic rings. The summed E-state index contributed by atoms with van der Waals surface area (Å²) in [6, 6.07) is 12.0. The maximum absolute atomic E-state index is 10.5. The van der Waals surface area contributed by atoms with E-state index in [0.29, 0.717) is 0 Å². The third-order valence-corrected chi connectivity index (χ3v) is 4.59. The molecule has 0 aliphatic heterocycles. The number of hydrogen-bond acceptors (Lipinski definition) is 5. The van der Waals surface area contributed by atoms with Gasteiger partial charge in [0.25, 0.3) is 10.1 Å². The van der Waals surface area contributed by atoms with Crippen molar-refractivity contribution in [1.82, 2.24) is 10.2 Å². The van der Waals surface area contributed by atoms with Crippen molar-refractivity contribution in [3.8, 4) is 0 Å². The van der Waals surface area contributed by atoms with E-state index in [2.05, 4.69) is 27.0 Å². The molecule has 0 saturated carbocycles. The van der Waals surface area contributed by atoms with Gasteiger partial charge in [-0.3, -0.25) is 9.65 Å². The lowest BCUT2D eigenvalue weighted by molar-refractivity contribution is 0.483. The van der Waals surface area contributed by atoms with Gasteiger partial charge in [-0.15, -0.1) is 11.3 Å². The van der Waals surface area contributed by atoms with Crippen LogP contribution in [0.25, 0.3) is 0 Å². The van der Waals surface area contributed by atoms with Gasteiger partial charge in [0.1, 0.15) is 5.82 Å². The molecule has 0 fully saturated rings. The van der Waals surface area contributed by atoms with Crippen LogP contribution in [0, 0.1) is 6.92 Å². The molecule has 0 bridgehead atoms. The summed E-state index contributed by atoms with van der Waals surface area (Å²) < 4.78 is 29.6. The molecule has 0 radical (unpaired) electrons. The Morgan fingerprint density at radius 1 is 1.22 bits per heavy atom. The van der Waals surface area contributed by atoms with Gasteiger partial charge in [0.15, 0.2) is 0 Å². The first kappa shape index (κ1) is 17.2. The van der Waals surface area contributed by atoms with Gasteiger partial charge in [-0.05, 0) is 36.6 Å². The summed E-state index contributed by atoms with van der Waals surface area (Å²) in [4.78, 5) is 1.25. The van der Waals surface area contributed by atoms with Crippen LogP contribution in [0.15, 0.2) is 58.9 Å². The van der Waals surface area contributed by atoms with Crippen LogP contribution >= 0.6 is 11.3 Å². The fourth-order valence-electron chi connectivity index (χ4n) is 1.66. The minimum atomic E-state index is -4.02. The number of benzene rings is 1. The molecule has 0 spiro atoms. The highest BCUT2D eigenvalue weighted by Gasteiger charge is 2.06. The van der Waals surface area contributed by atoms with Gasteiger partial charge >= 0.3 is 0 Å². The molecular weight excluding hydrogens is 334 g/mol. The third-order valence-electron chi connectivity index (χ3n) is 2.84. The standard InChI is InChI=1S/C8H9N3S.C7H8O3S/c1-2-7(12-5-1)6-9-8-3-4-10-11-8;1-6-2-4-7(5-3-6)11(8,9)10/h1-5H,6H2,(H2,9,10,11);2-5H,1H3,(H,8,9,10). The van der Waals surface area contributed by atoms with Gasteiger partial charge in [-0.1, -0.05) is 23.8 Å². The lowest BCUT2D eigenvalue weighted by atomic mass is 10.2. The van der Waals surface area contributed by atoms with E-state index in [1.807, 2.05) is 19.1 Å². The van der Waals surface area contributed by atoms with E-state index in [-0.39, 0.29) is 4.90 Å². The average Bonchev–Trinajstić information content (AvgIpc) is 3.19. The molecule has 0 atom stereocenters. The summed E-state index contributed by atoms with van der Waals surface area (Å²) in [6.45, 7) is 2.69. The van der Waals surface area contributed by atoms with E-state index < -0.39 is 10.1 Å². The van der Waals surface area contributed by atoms with Crippen LogP contribution in [-0.2, 0) is 16.7 Å². The second-order valence-corrected chi connectivity index (χ2v) is 7.13. The van der Waals surface area contributed by atoms with Crippen LogP contribution in [0.5, 0.6) is 0 Å². The number of aromatic amines is 1. The fourth-order valence-corrected chi connectivity index (χ4v) is 2.78. The molecule has 0 saturated heterocycles. The van der Waals surface area contributed by atoms with Gasteiger partial charge < -0.3 is 5.32 Å². The average molecular weight is 351 g/mol. The Balaban J connectivity index is 0.000000168. The zero-order valence-electron chi connectivity index (χ0n) is 12.4. The quantitative estimate of drug-likeness (QED) is 0.627. The molecule has 3 N–H and O–H groups in total. The lowest BCUT2D eigenvalue weighted by Crippen LogP contribution is -1.96.